The Balaban J connectivity index is 1.85. The minimum Gasteiger partial charge on any atom is -0.307 e. The van der Waals surface area contributed by atoms with Gasteiger partial charge in [0.25, 0.3) is 0 Å². The van der Waals surface area contributed by atoms with Gasteiger partial charge in [-0.2, -0.15) is 0 Å². The number of carbonyl (C=O) groups excluding carboxylic acids is 1. The quantitative estimate of drug-likeness (QED) is 0.687. The molecule has 2 fully saturated rings. The molecule has 0 aromatic carbocycles. The molecule has 2 atom stereocenters. The molecule has 0 aromatic heterocycles. The third-order valence-corrected chi connectivity index (χ3v) is 3.31. The van der Waals surface area contributed by atoms with Crippen molar-refractivity contribution < 1.29 is 4.79 Å². The molecular formula is C11H20N2O. The molecule has 2 aliphatic heterocycles. The summed E-state index contributed by atoms with van der Waals surface area (Å²) in [6, 6.07) is 0.277. The normalized spacial score (nSPS) is 34.0. The molecule has 2 aliphatic rings. The van der Waals surface area contributed by atoms with Gasteiger partial charge < -0.3 is 10.6 Å². The van der Waals surface area contributed by atoms with E-state index >= 15 is 0 Å². The van der Waals surface area contributed by atoms with Gasteiger partial charge in [-0.05, 0) is 38.8 Å². The monoisotopic (exact) mass is 196 g/mol. The largest absolute Gasteiger partial charge is 0.307 e. The van der Waals surface area contributed by atoms with Gasteiger partial charge in [0.15, 0.2) is 5.78 Å². The van der Waals surface area contributed by atoms with E-state index in [2.05, 4.69) is 10.6 Å². The predicted molar refractivity (Wildman–Crippen MR) is 56.3 cm³/mol. The first kappa shape index (κ1) is 10.1. The van der Waals surface area contributed by atoms with Crippen LogP contribution in [0.1, 0.15) is 38.5 Å². The second-order valence-corrected chi connectivity index (χ2v) is 4.41. The van der Waals surface area contributed by atoms with Crippen LogP contribution in [0.15, 0.2) is 0 Å². The van der Waals surface area contributed by atoms with Crippen molar-refractivity contribution in [2.24, 2.45) is 0 Å². The Hall–Kier alpha value is -0.410. The molecule has 0 spiro atoms. The zero-order valence-electron chi connectivity index (χ0n) is 8.72. The van der Waals surface area contributed by atoms with Gasteiger partial charge in [-0.15, -0.1) is 0 Å². The van der Waals surface area contributed by atoms with Crippen LogP contribution in [0.25, 0.3) is 0 Å². The molecule has 3 nitrogen and oxygen atoms in total. The fourth-order valence-corrected chi connectivity index (χ4v) is 2.43. The summed E-state index contributed by atoms with van der Waals surface area (Å²) in [7, 11) is 0. The molecule has 0 aliphatic carbocycles. The third kappa shape index (κ3) is 2.34. The fourth-order valence-electron chi connectivity index (χ4n) is 2.43. The highest BCUT2D eigenvalue weighted by Gasteiger charge is 2.28. The number of Topliss-reactive ketones (excluding diaryl/α,β-unsaturated/α-hetero) is 1. The molecule has 2 rings (SSSR count). The number of hydrogen-bond acceptors (Lipinski definition) is 3. The van der Waals surface area contributed by atoms with E-state index in [-0.39, 0.29) is 12.1 Å². The van der Waals surface area contributed by atoms with Crippen molar-refractivity contribution in [3.8, 4) is 0 Å². The van der Waals surface area contributed by atoms with Crippen LogP contribution < -0.4 is 10.6 Å². The summed E-state index contributed by atoms with van der Waals surface area (Å²) in [5.41, 5.74) is 0. The first-order valence-corrected chi connectivity index (χ1v) is 5.88. The van der Waals surface area contributed by atoms with Gasteiger partial charge in [0, 0.05) is 0 Å². The molecule has 14 heavy (non-hydrogen) atoms. The summed E-state index contributed by atoms with van der Waals surface area (Å²) in [5.74, 6) is 0.407. The molecule has 2 heterocycles. The molecule has 80 valence electrons. The first-order chi connectivity index (χ1) is 6.88. The number of carbonyl (C=O) groups is 1. The smallest absolute Gasteiger partial charge is 0.166 e. The maximum absolute atomic E-state index is 12.0. The third-order valence-electron chi connectivity index (χ3n) is 3.31. The molecule has 3 heteroatoms. The SMILES string of the molecule is O=C([C@@H]1CCCCN1)[C@@H]1CCCCN1. The summed E-state index contributed by atoms with van der Waals surface area (Å²) >= 11 is 0. The van der Waals surface area contributed by atoms with E-state index in [0.717, 1.165) is 25.9 Å². The number of ketones is 1. The summed E-state index contributed by atoms with van der Waals surface area (Å²) in [6.45, 7) is 2.03. The van der Waals surface area contributed by atoms with Crippen LogP contribution in [-0.2, 0) is 4.79 Å². The molecular weight excluding hydrogens is 176 g/mol. The summed E-state index contributed by atoms with van der Waals surface area (Å²) in [5, 5.41) is 6.65. The van der Waals surface area contributed by atoms with Gasteiger partial charge in [0.05, 0.1) is 12.1 Å². The van der Waals surface area contributed by atoms with Crippen LogP contribution in [0, 0.1) is 0 Å². The van der Waals surface area contributed by atoms with Crippen LogP contribution in [0.3, 0.4) is 0 Å². The Labute approximate surface area is 85.6 Å². The average molecular weight is 196 g/mol. The highest BCUT2D eigenvalue weighted by molar-refractivity contribution is 5.89. The van der Waals surface area contributed by atoms with E-state index in [1.54, 1.807) is 0 Å². The highest BCUT2D eigenvalue weighted by Crippen LogP contribution is 2.14. The van der Waals surface area contributed by atoms with Crippen LogP contribution in [0.2, 0.25) is 0 Å². The van der Waals surface area contributed by atoms with Gasteiger partial charge in [0.2, 0.25) is 0 Å². The van der Waals surface area contributed by atoms with E-state index in [1.807, 2.05) is 0 Å². The van der Waals surface area contributed by atoms with Gasteiger partial charge in [0.1, 0.15) is 0 Å². The van der Waals surface area contributed by atoms with E-state index in [1.165, 1.54) is 25.7 Å². The Morgan fingerprint density at radius 1 is 0.857 bits per heavy atom. The Morgan fingerprint density at radius 2 is 1.36 bits per heavy atom. The van der Waals surface area contributed by atoms with Crippen molar-refractivity contribution in [2.75, 3.05) is 13.1 Å². The van der Waals surface area contributed by atoms with Crippen molar-refractivity contribution in [3.05, 3.63) is 0 Å². The second kappa shape index (κ2) is 4.89. The Morgan fingerprint density at radius 3 is 1.71 bits per heavy atom. The maximum atomic E-state index is 12.0. The van der Waals surface area contributed by atoms with Gasteiger partial charge in [-0.3, -0.25) is 4.79 Å². The summed E-state index contributed by atoms with van der Waals surface area (Å²) < 4.78 is 0. The lowest BCUT2D eigenvalue weighted by Crippen LogP contribution is -2.51. The molecule has 2 saturated heterocycles. The predicted octanol–water partition coefficient (Wildman–Crippen LogP) is 0.840. The lowest BCUT2D eigenvalue weighted by molar-refractivity contribution is -0.124. The van der Waals surface area contributed by atoms with Crippen molar-refractivity contribution in [2.45, 2.75) is 50.6 Å². The van der Waals surface area contributed by atoms with Crippen molar-refractivity contribution in [1.29, 1.82) is 0 Å². The van der Waals surface area contributed by atoms with Crippen LogP contribution >= 0.6 is 0 Å². The zero-order chi connectivity index (χ0) is 9.80. The maximum Gasteiger partial charge on any atom is 0.166 e. The number of nitrogens with one attached hydrogen (secondary N) is 2. The molecule has 0 amide bonds. The van der Waals surface area contributed by atoms with E-state index in [4.69, 9.17) is 0 Å². The minimum atomic E-state index is 0.138. The zero-order valence-corrected chi connectivity index (χ0v) is 8.72. The van der Waals surface area contributed by atoms with E-state index < -0.39 is 0 Å². The fraction of sp³-hybridized carbons (Fsp3) is 0.909. The van der Waals surface area contributed by atoms with Crippen LogP contribution in [0.5, 0.6) is 0 Å². The van der Waals surface area contributed by atoms with Gasteiger partial charge in [-0.1, -0.05) is 12.8 Å². The van der Waals surface area contributed by atoms with Crippen LogP contribution in [0.4, 0.5) is 0 Å². The van der Waals surface area contributed by atoms with Crippen molar-refractivity contribution in [1.82, 2.24) is 10.6 Å². The topological polar surface area (TPSA) is 41.1 Å². The van der Waals surface area contributed by atoms with Gasteiger partial charge >= 0.3 is 0 Å². The average Bonchev–Trinajstić information content (AvgIpc) is 2.30. The standard InChI is InChI=1S/C11H20N2O/c14-11(9-5-1-3-7-12-9)10-6-2-4-8-13-10/h9-10,12-13H,1-8H2/t9-,10-/m0/s1. The molecule has 0 saturated carbocycles. The lowest BCUT2D eigenvalue weighted by atomic mass is 9.92. The van der Waals surface area contributed by atoms with Crippen LogP contribution in [-0.4, -0.2) is 31.0 Å². The molecule has 0 aromatic rings. The minimum absolute atomic E-state index is 0.138. The Kier molecular flexibility index (Phi) is 3.54. The number of piperidine rings is 2. The molecule has 0 bridgehead atoms. The van der Waals surface area contributed by atoms with E-state index in [9.17, 15) is 4.79 Å². The second-order valence-electron chi connectivity index (χ2n) is 4.41. The van der Waals surface area contributed by atoms with Crippen molar-refractivity contribution in [3.63, 3.8) is 0 Å². The van der Waals surface area contributed by atoms with Crippen molar-refractivity contribution >= 4 is 5.78 Å². The molecule has 0 radical (unpaired) electrons. The summed E-state index contributed by atoms with van der Waals surface area (Å²) in [6.07, 6.45) is 6.93. The highest BCUT2D eigenvalue weighted by atomic mass is 16.1. The summed E-state index contributed by atoms with van der Waals surface area (Å²) in [4.78, 5) is 12.0. The molecule has 0 unspecified atom stereocenters. The first-order valence-electron chi connectivity index (χ1n) is 5.88. The van der Waals surface area contributed by atoms with Gasteiger partial charge in [-0.25, -0.2) is 0 Å². The Bertz CT molecular complexity index is 173. The number of rotatable bonds is 2. The lowest BCUT2D eigenvalue weighted by Gasteiger charge is -2.29. The number of hydrogen-bond donors (Lipinski definition) is 2. The van der Waals surface area contributed by atoms with E-state index in [0.29, 0.717) is 5.78 Å². The molecule has 2 N–H and O–H groups in total.